The van der Waals surface area contributed by atoms with Gasteiger partial charge in [-0.2, -0.15) is 0 Å². The first-order valence-electron chi connectivity index (χ1n) is 3.79. The van der Waals surface area contributed by atoms with Crippen molar-refractivity contribution in [2.45, 2.75) is 12.0 Å². The Kier molecular flexibility index (Phi) is 4.74. The Morgan fingerprint density at radius 3 is 2.36 bits per heavy atom. The van der Waals surface area contributed by atoms with Gasteiger partial charge in [0, 0.05) is 0 Å². The van der Waals surface area contributed by atoms with E-state index >= 15 is 0 Å². The van der Waals surface area contributed by atoms with Crippen molar-refractivity contribution in [2.75, 3.05) is 13.2 Å². The van der Waals surface area contributed by atoms with E-state index in [1.807, 2.05) is 5.32 Å². The number of hydrogen-bond acceptors (Lipinski definition) is 5. The van der Waals surface area contributed by atoms with Crippen LogP contribution in [0.1, 0.15) is 6.42 Å². The number of nitrogens with one attached hydrogen (secondary N) is 1. The third-order valence-corrected chi connectivity index (χ3v) is 1.55. The number of carbonyl (C=O) groups excluding carboxylic acids is 2. The van der Waals surface area contributed by atoms with Crippen molar-refractivity contribution in [3.05, 3.63) is 0 Å². The number of hydrogen-bond donors (Lipinski definition) is 4. The number of aliphatic carboxylic acids is 1. The highest BCUT2D eigenvalue weighted by molar-refractivity contribution is 5.86. The van der Waals surface area contributed by atoms with E-state index in [1.54, 1.807) is 0 Å². The standard InChI is InChI=1S/C7H12N2O5/c8-2-5(12)9-7(3-10,4-11)1-6(13)14/h3,11H,1-2,4,8H2,(H,9,12)(H,13,14)/t7-/m0/s1. The molecule has 1 amide bonds. The van der Waals surface area contributed by atoms with Gasteiger partial charge in [-0.25, -0.2) is 0 Å². The fourth-order valence-electron chi connectivity index (χ4n) is 0.847. The molecule has 0 saturated carbocycles. The zero-order chi connectivity index (χ0) is 11.2. The summed E-state index contributed by atoms with van der Waals surface area (Å²) in [4.78, 5) is 31.7. The predicted molar refractivity (Wildman–Crippen MR) is 45.3 cm³/mol. The lowest BCUT2D eigenvalue weighted by molar-refractivity contribution is -0.142. The quantitative estimate of drug-likeness (QED) is 0.353. The fourth-order valence-corrected chi connectivity index (χ4v) is 0.847. The van der Waals surface area contributed by atoms with Crippen LogP contribution in [-0.2, 0) is 14.4 Å². The highest BCUT2D eigenvalue weighted by Gasteiger charge is 2.33. The molecule has 0 heterocycles. The Balaban J connectivity index is 4.60. The molecule has 0 unspecified atom stereocenters. The molecule has 5 N–H and O–H groups in total. The Hall–Kier alpha value is -1.47. The van der Waals surface area contributed by atoms with Gasteiger partial charge in [-0.1, -0.05) is 0 Å². The normalized spacial score (nSPS) is 14.1. The molecule has 0 aromatic rings. The van der Waals surface area contributed by atoms with Crippen molar-refractivity contribution in [1.82, 2.24) is 5.32 Å². The van der Waals surface area contributed by atoms with Gasteiger partial charge in [-0.05, 0) is 0 Å². The number of nitrogens with two attached hydrogens (primary N) is 1. The van der Waals surface area contributed by atoms with Gasteiger partial charge in [0.25, 0.3) is 0 Å². The van der Waals surface area contributed by atoms with Gasteiger partial charge in [0.05, 0.1) is 19.6 Å². The van der Waals surface area contributed by atoms with Gasteiger partial charge in [-0.3, -0.25) is 9.59 Å². The lowest BCUT2D eigenvalue weighted by atomic mass is 9.98. The van der Waals surface area contributed by atoms with Crippen molar-refractivity contribution >= 4 is 18.2 Å². The summed E-state index contributed by atoms with van der Waals surface area (Å²) in [6.07, 6.45) is -0.493. The molecule has 1 atom stereocenters. The molecular weight excluding hydrogens is 192 g/mol. The largest absolute Gasteiger partial charge is 0.481 e. The molecule has 0 radical (unpaired) electrons. The van der Waals surface area contributed by atoms with Crippen LogP contribution in [0.5, 0.6) is 0 Å². The minimum Gasteiger partial charge on any atom is -0.481 e. The maximum absolute atomic E-state index is 10.8. The number of carboxylic acid groups (broad SMARTS) is 1. The maximum atomic E-state index is 10.8. The molecule has 0 aliphatic heterocycles. The number of amides is 1. The van der Waals surface area contributed by atoms with Crippen LogP contribution in [0.25, 0.3) is 0 Å². The Morgan fingerprint density at radius 2 is 2.07 bits per heavy atom. The van der Waals surface area contributed by atoms with Crippen LogP contribution in [-0.4, -0.2) is 47.1 Å². The van der Waals surface area contributed by atoms with E-state index in [0.717, 1.165) is 0 Å². The van der Waals surface area contributed by atoms with E-state index in [1.165, 1.54) is 0 Å². The Morgan fingerprint density at radius 1 is 1.50 bits per heavy atom. The van der Waals surface area contributed by atoms with Gasteiger partial charge >= 0.3 is 5.97 Å². The summed E-state index contributed by atoms with van der Waals surface area (Å²) in [5.41, 5.74) is 3.19. The van der Waals surface area contributed by atoms with E-state index in [9.17, 15) is 14.4 Å². The first-order valence-corrected chi connectivity index (χ1v) is 3.79. The first kappa shape index (κ1) is 12.5. The summed E-state index contributed by atoms with van der Waals surface area (Å²) in [5.74, 6) is -2.00. The maximum Gasteiger partial charge on any atom is 0.306 e. The average Bonchev–Trinajstić information content (AvgIpc) is 2.15. The number of carbonyl (C=O) groups is 3. The van der Waals surface area contributed by atoms with Gasteiger partial charge in [0.15, 0.2) is 0 Å². The van der Waals surface area contributed by atoms with Crippen LogP contribution in [0.4, 0.5) is 0 Å². The second-order valence-corrected chi connectivity index (χ2v) is 2.75. The summed E-state index contributed by atoms with van der Waals surface area (Å²) >= 11 is 0. The van der Waals surface area contributed by atoms with Crippen molar-refractivity contribution in [1.29, 1.82) is 0 Å². The molecule has 80 valence electrons. The fraction of sp³-hybridized carbons (Fsp3) is 0.571. The molecular formula is C7H12N2O5. The Labute approximate surface area is 79.9 Å². The molecule has 0 spiro atoms. The molecule has 0 aromatic carbocycles. The second kappa shape index (κ2) is 5.30. The SMILES string of the molecule is NCC(=O)N[C@@](C=O)(CO)CC(=O)O. The van der Waals surface area contributed by atoms with Crippen molar-refractivity contribution in [3.63, 3.8) is 0 Å². The van der Waals surface area contributed by atoms with Gasteiger partial charge in [0.2, 0.25) is 5.91 Å². The van der Waals surface area contributed by atoms with Gasteiger partial charge in [0.1, 0.15) is 11.8 Å². The van der Waals surface area contributed by atoms with Crippen molar-refractivity contribution in [2.24, 2.45) is 5.73 Å². The number of rotatable bonds is 6. The van der Waals surface area contributed by atoms with Crippen LogP contribution in [0.2, 0.25) is 0 Å². The third kappa shape index (κ3) is 3.50. The molecule has 7 nitrogen and oxygen atoms in total. The summed E-state index contributed by atoms with van der Waals surface area (Å²) in [6, 6.07) is 0. The predicted octanol–water partition coefficient (Wildman–Crippen LogP) is -2.53. The van der Waals surface area contributed by atoms with Crippen molar-refractivity contribution < 1.29 is 24.6 Å². The molecule has 14 heavy (non-hydrogen) atoms. The lowest BCUT2D eigenvalue weighted by Gasteiger charge is -2.24. The average molecular weight is 204 g/mol. The van der Waals surface area contributed by atoms with Crippen LogP contribution >= 0.6 is 0 Å². The number of aldehydes is 1. The van der Waals surface area contributed by atoms with E-state index in [4.69, 9.17) is 15.9 Å². The zero-order valence-corrected chi connectivity index (χ0v) is 7.40. The molecule has 0 saturated heterocycles. The number of aliphatic hydroxyl groups is 1. The summed E-state index contributed by atoms with van der Waals surface area (Å²) < 4.78 is 0. The van der Waals surface area contributed by atoms with Crippen LogP contribution in [0, 0.1) is 0 Å². The minimum absolute atomic E-state index is 0.189. The van der Waals surface area contributed by atoms with Crippen LogP contribution in [0.3, 0.4) is 0 Å². The molecule has 0 bridgehead atoms. The molecule has 0 aliphatic rings. The highest BCUT2D eigenvalue weighted by Crippen LogP contribution is 2.06. The van der Waals surface area contributed by atoms with Crippen LogP contribution < -0.4 is 11.1 Å². The first-order chi connectivity index (χ1) is 6.49. The molecule has 0 aromatic heterocycles. The molecule has 7 heteroatoms. The molecule has 0 aliphatic carbocycles. The van der Waals surface area contributed by atoms with Crippen LogP contribution in [0.15, 0.2) is 0 Å². The molecule has 0 fully saturated rings. The highest BCUT2D eigenvalue weighted by atomic mass is 16.4. The van der Waals surface area contributed by atoms with Gasteiger partial charge < -0.3 is 26.1 Å². The lowest BCUT2D eigenvalue weighted by Crippen LogP contribution is -2.55. The molecule has 0 rings (SSSR count). The summed E-state index contributed by atoms with van der Waals surface area (Å²) in [7, 11) is 0. The van der Waals surface area contributed by atoms with E-state index in [-0.39, 0.29) is 12.8 Å². The van der Waals surface area contributed by atoms with Gasteiger partial charge in [-0.15, -0.1) is 0 Å². The number of aliphatic hydroxyl groups excluding tert-OH is 1. The second-order valence-electron chi connectivity index (χ2n) is 2.75. The van der Waals surface area contributed by atoms with E-state index in [2.05, 4.69) is 0 Å². The summed E-state index contributed by atoms with van der Waals surface area (Å²) in [6.45, 7) is -1.16. The van der Waals surface area contributed by atoms with E-state index in [0.29, 0.717) is 0 Å². The minimum atomic E-state index is -1.78. The summed E-state index contributed by atoms with van der Waals surface area (Å²) in [5, 5.41) is 19.3. The smallest absolute Gasteiger partial charge is 0.306 e. The Bertz CT molecular complexity index is 242. The number of carboxylic acids is 1. The monoisotopic (exact) mass is 204 g/mol. The van der Waals surface area contributed by atoms with E-state index < -0.39 is 30.4 Å². The topological polar surface area (TPSA) is 130 Å². The zero-order valence-electron chi connectivity index (χ0n) is 7.40. The third-order valence-electron chi connectivity index (χ3n) is 1.55. The van der Waals surface area contributed by atoms with Crippen molar-refractivity contribution in [3.8, 4) is 0 Å².